The van der Waals surface area contributed by atoms with Crippen molar-refractivity contribution in [3.63, 3.8) is 0 Å². The number of hydrogen-bond acceptors (Lipinski definition) is 4. The summed E-state index contributed by atoms with van der Waals surface area (Å²) < 4.78 is 5.40. The van der Waals surface area contributed by atoms with Crippen molar-refractivity contribution >= 4 is 17.7 Å². The highest BCUT2D eigenvalue weighted by Gasteiger charge is 2.36. The zero-order valence-electron chi connectivity index (χ0n) is 10.5. The number of hydrogen-bond donors (Lipinski definition) is 1. The van der Waals surface area contributed by atoms with E-state index in [4.69, 9.17) is 4.74 Å². The number of rotatable bonds is 3. The second-order valence-corrected chi connectivity index (χ2v) is 4.70. The van der Waals surface area contributed by atoms with E-state index in [1.807, 2.05) is 6.92 Å². The van der Waals surface area contributed by atoms with Crippen LogP contribution in [0.3, 0.4) is 0 Å². The molecule has 0 aromatic rings. The van der Waals surface area contributed by atoms with E-state index in [9.17, 15) is 14.4 Å². The van der Waals surface area contributed by atoms with Crippen molar-refractivity contribution in [1.29, 1.82) is 0 Å². The van der Waals surface area contributed by atoms with Gasteiger partial charge in [0.15, 0.2) is 0 Å². The maximum absolute atomic E-state index is 12.1. The van der Waals surface area contributed by atoms with Gasteiger partial charge < -0.3 is 9.64 Å². The van der Waals surface area contributed by atoms with Crippen LogP contribution in [0.2, 0.25) is 0 Å². The van der Waals surface area contributed by atoms with E-state index < -0.39 is 11.9 Å². The van der Waals surface area contributed by atoms with Crippen molar-refractivity contribution in [2.75, 3.05) is 13.2 Å². The van der Waals surface area contributed by atoms with E-state index in [-0.39, 0.29) is 30.9 Å². The van der Waals surface area contributed by atoms with Crippen LogP contribution in [0.5, 0.6) is 0 Å². The second kappa shape index (κ2) is 5.48. The van der Waals surface area contributed by atoms with Gasteiger partial charge in [-0.2, -0.15) is 0 Å². The van der Waals surface area contributed by atoms with Crippen LogP contribution in [0.15, 0.2) is 0 Å². The molecule has 0 spiro atoms. The summed E-state index contributed by atoms with van der Waals surface area (Å²) in [4.78, 5) is 36.5. The van der Waals surface area contributed by atoms with Crippen LogP contribution >= 0.6 is 0 Å². The summed E-state index contributed by atoms with van der Waals surface area (Å²) in [5.74, 6) is -0.961. The molecule has 18 heavy (non-hydrogen) atoms. The van der Waals surface area contributed by atoms with Gasteiger partial charge in [0.1, 0.15) is 12.6 Å². The quantitative estimate of drug-likeness (QED) is 0.709. The molecule has 2 aliphatic heterocycles. The van der Waals surface area contributed by atoms with Gasteiger partial charge in [-0.1, -0.05) is 6.92 Å². The molecule has 2 saturated heterocycles. The number of imide groups is 1. The lowest BCUT2D eigenvalue weighted by molar-refractivity contribution is -0.151. The third-order valence-electron chi connectivity index (χ3n) is 3.39. The maximum atomic E-state index is 12.1. The number of ether oxygens (including phenoxy) is 1. The zero-order valence-corrected chi connectivity index (χ0v) is 10.5. The predicted octanol–water partition coefficient (Wildman–Crippen LogP) is -0.181. The topological polar surface area (TPSA) is 75.7 Å². The van der Waals surface area contributed by atoms with Crippen LogP contribution < -0.4 is 5.32 Å². The molecule has 0 aliphatic carbocycles. The molecule has 100 valence electrons. The van der Waals surface area contributed by atoms with Crippen molar-refractivity contribution in [3.05, 3.63) is 0 Å². The summed E-state index contributed by atoms with van der Waals surface area (Å²) in [6.45, 7) is 2.48. The summed E-state index contributed by atoms with van der Waals surface area (Å²) >= 11 is 0. The molecule has 0 radical (unpaired) electrons. The van der Waals surface area contributed by atoms with Crippen LogP contribution in [-0.2, 0) is 19.1 Å². The van der Waals surface area contributed by atoms with Crippen LogP contribution in [0, 0.1) is 0 Å². The monoisotopic (exact) mass is 254 g/mol. The molecule has 2 heterocycles. The van der Waals surface area contributed by atoms with Crippen molar-refractivity contribution in [2.24, 2.45) is 0 Å². The number of carbonyl (C=O) groups is 3. The molecule has 2 fully saturated rings. The zero-order chi connectivity index (χ0) is 13.1. The van der Waals surface area contributed by atoms with Gasteiger partial charge in [-0.15, -0.1) is 0 Å². The first-order valence-electron chi connectivity index (χ1n) is 6.36. The molecule has 6 heteroatoms. The lowest BCUT2D eigenvalue weighted by Gasteiger charge is -2.33. The van der Waals surface area contributed by atoms with Gasteiger partial charge in [0.25, 0.3) is 0 Å². The van der Waals surface area contributed by atoms with Gasteiger partial charge in [-0.3, -0.25) is 19.7 Å². The highest BCUT2D eigenvalue weighted by Crippen LogP contribution is 2.18. The molecule has 2 aliphatic rings. The molecule has 0 saturated carbocycles. The molecule has 1 N–H and O–H groups in total. The Bertz CT molecular complexity index is 363. The summed E-state index contributed by atoms with van der Waals surface area (Å²) in [5, 5.41) is 2.26. The van der Waals surface area contributed by atoms with Crippen molar-refractivity contribution in [1.82, 2.24) is 10.2 Å². The van der Waals surface area contributed by atoms with Gasteiger partial charge in [0, 0.05) is 6.61 Å². The standard InChI is InChI=1S/C12H18N2O4/c1-2-9-12(17)13-10(15)7-14(9)11(16)6-8-4-3-5-18-8/h8-9H,2-7H2,1H3,(H,13,15,17). The number of nitrogens with zero attached hydrogens (tertiary/aromatic N) is 1. The molecule has 2 atom stereocenters. The van der Waals surface area contributed by atoms with Gasteiger partial charge >= 0.3 is 0 Å². The summed E-state index contributed by atoms with van der Waals surface area (Å²) in [7, 11) is 0. The van der Waals surface area contributed by atoms with Crippen molar-refractivity contribution < 1.29 is 19.1 Å². The molecule has 2 unspecified atom stereocenters. The van der Waals surface area contributed by atoms with E-state index in [0.29, 0.717) is 13.0 Å². The molecule has 0 bridgehead atoms. The van der Waals surface area contributed by atoms with Crippen molar-refractivity contribution in [3.8, 4) is 0 Å². The summed E-state index contributed by atoms with van der Waals surface area (Å²) in [5.41, 5.74) is 0. The molecule has 6 nitrogen and oxygen atoms in total. The predicted molar refractivity (Wildman–Crippen MR) is 62.5 cm³/mol. The Labute approximate surface area is 106 Å². The molecule has 3 amide bonds. The Kier molecular flexibility index (Phi) is 3.96. The number of amides is 3. The fourth-order valence-electron chi connectivity index (χ4n) is 2.45. The second-order valence-electron chi connectivity index (χ2n) is 4.70. The van der Waals surface area contributed by atoms with Crippen LogP contribution in [0.1, 0.15) is 32.6 Å². The lowest BCUT2D eigenvalue weighted by atomic mass is 10.1. The first-order chi connectivity index (χ1) is 8.61. The van der Waals surface area contributed by atoms with E-state index in [2.05, 4.69) is 5.32 Å². The Hall–Kier alpha value is -1.43. The third kappa shape index (κ3) is 2.69. The average molecular weight is 254 g/mol. The van der Waals surface area contributed by atoms with Gasteiger partial charge in [0.05, 0.1) is 12.5 Å². The van der Waals surface area contributed by atoms with Gasteiger partial charge in [-0.05, 0) is 19.3 Å². The Morgan fingerprint density at radius 3 is 2.89 bits per heavy atom. The van der Waals surface area contributed by atoms with E-state index in [1.54, 1.807) is 0 Å². The Balaban J connectivity index is 2.01. The summed E-state index contributed by atoms with van der Waals surface area (Å²) in [6, 6.07) is -0.531. The molecular weight excluding hydrogens is 236 g/mol. The minimum atomic E-state index is -0.531. The van der Waals surface area contributed by atoms with Crippen LogP contribution in [-0.4, -0.2) is 47.9 Å². The highest BCUT2D eigenvalue weighted by molar-refractivity contribution is 6.04. The van der Waals surface area contributed by atoms with Crippen LogP contribution in [0.25, 0.3) is 0 Å². The fourth-order valence-corrected chi connectivity index (χ4v) is 2.45. The maximum Gasteiger partial charge on any atom is 0.249 e. The largest absolute Gasteiger partial charge is 0.378 e. The lowest BCUT2D eigenvalue weighted by Crippen LogP contribution is -2.59. The Morgan fingerprint density at radius 2 is 2.28 bits per heavy atom. The van der Waals surface area contributed by atoms with Gasteiger partial charge in [0.2, 0.25) is 17.7 Å². The van der Waals surface area contributed by atoms with Gasteiger partial charge in [-0.25, -0.2) is 0 Å². The smallest absolute Gasteiger partial charge is 0.249 e. The van der Waals surface area contributed by atoms with Crippen molar-refractivity contribution in [2.45, 2.75) is 44.8 Å². The molecule has 0 aromatic carbocycles. The number of carbonyl (C=O) groups excluding carboxylic acids is 3. The van der Waals surface area contributed by atoms with Crippen LogP contribution in [0.4, 0.5) is 0 Å². The Morgan fingerprint density at radius 1 is 1.50 bits per heavy atom. The SMILES string of the molecule is CCC1C(=O)NC(=O)CN1C(=O)CC1CCCO1. The fraction of sp³-hybridized carbons (Fsp3) is 0.750. The first-order valence-corrected chi connectivity index (χ1v) is 6.36. The average Bonchev–Trinajstić information content (AvgIpc) is 2.80. The first kappa shape index (κ1) is 13.0. The van der Waals surface area contributed by atoms with E-state index >= 15 is 0 Å². The molecule has 2 rings (SSSR count). The normalized spacial score (nSPS) is 28.4. The number of nitrogens with one attached hydrogen (secondary N) is 1. The minimum Gasteiger partial charge on any atom is -0.378 e. The van der Waals surface area contributed by atoms with E-state index in [1.165, 1.54) is 4.90 Å². The molecule has 0 aromatic heterocycles. The highest BCUT2D eigenvalue weighted by atomic mass is 16.5. The third-order valence-corrected chi connectivity index (χ3v) is 3.39. The minimum absolute atomic E-state index is 0.0319. The molecular formula is C12H18N2O4. The summed E-state index contributed by atoms with van der Waals surface area (Å²) in [6.07, 6.45) is 2.55. The van der Waals surface area contributed by atoms with E-state index in [0.717, 1.165) is 12.8 Å². The number of piperazine rings is 1.